The van der Waals surface area contributed by atoms with Gasteiger partial charge in [-0.3, -0.25) is 10.1 Å². The Bertz CT molecular complexity index is 936. The molecule has 2 aromatic rings. The smallest absolute Gasteiger partial charge is 0.335 e. The van der Waals surface area contributed by atoms with E-state index in [1.165, 1.54) is 31.4 Å². The maximum Gasteiger partial charge on any atom is 0.335 e. The average molecular weight is 443 g/mol. The first-order valence-electron chi connectivity index (χ1n) is 7.92. The zero-order chi connectivity index (χ0) is 20.8. The quantitative estimate of drug-likeness (QED) is 0.575. The molecule has 148 valence electrons. The topological polar surface area (TPSA) is 96.9 Å². The molecule has 3 N–H and O–H groups in total. The second-order valence-electron chi connectivity index (χ2n) is 5.33. The van der Waals surface area contributed by atoms with Crippen LogP contribution >= 0.6 is 35.4 Å². The van der Waals surface area contributed by atoms with Gasteiger partial charge in [0.25, 0.3) is 5.91 Å². The molecule has 0 fully saturated rings. The summed E-state index contributed by atoms with van der Waals surface area (Å²) in [6.45, 7) is 2.26. The molecule has 0 radical (unpaired) electrons. The minimum Gasteiger partial charge on any atom is -0.493 e. The highest BCUT2D eigenvalue weighted by Gasteiger charge is 2.16. The molecule has 0 aliphatic heterocycles. The lowest BCUT2D eigenvalue weighted by Gasteiger charge is -2.15. The zero-order valence-electron chi connectivity index (χ0n) is 14.8. The van der Waals surface area contributed by atoms with Gasteiger partial charge in [-0.25, -0.2) is 4.79 Å². The van der Waals surface area contributed by atoms with E-state index in [1.54, 1.807) is 6.07 Å². The van der Waals surface area contributed by atoms with Gasteiger partial charge >= 0.3 is 5.97 Å². The molecule has 2 aromatic carbocycles. The van der Waals surface area contributed by atoms with E-state index >= 15 is 0 Å². The molecule has 0 saturated heterocycles. The Hall–Kier alpha value is -2.55. The molecule has 0 heterocycles. The molecule has 0 aliphatic rings. The van der Waals surface area contributed by atoms with Crippen molar-refractivity contribution in [2.75, 3.05) is 19.0 Å². The number of ether oxygens (including phenoxy) is 2. The molecule has 0 spiro atoms. The van der Waals surface area contributed by atoms with Crippen molar-refractivity contribution in [1.82, 2.24) is 5.32 Å². The number of rotatable bonds is 6. The van der Waals surface area contributed by atoms with Crippen LogP contribution in [0, 0.1) is 0 Å². The average Bonchev–Trinajstić information content (AvgIpc) is 2.63. The summed E-state index contributed by atoms with van der Waals surface area (Å²) in [6.07, 6.45) is 0. The van der Waals surface area contributed by atoms with Gasteiger partial charge in [-0.15, -0.1) is 0 Å². The number of thiocarbonyl (C=S) groups is 1. The fourth-order valence-corrected chi connectivity index (χ4v) is 2.99. The fourth-order valence-electron chi connectivity index (χ4n) is 2.26. The molecule has 0 bridgehead atoms. The van der Waals surface area contributed by atoms with Crippen molar-refractivity contribution in [2.24, 2.45) is 0 Å². The van der Waals surface area contributed by atoms with Gasteiger partial charge < -0.3 is 19.9 Å². The van der Waals surface area contributed by atoms with Crippen LogP contribution in [-0.2, 0) is 0 Å². The van der Waals surface area contributed by atoms with Gasteiger partial charge in [-0.2, -0.15) is 0 Å². The van der Waals surface area contributed by atoms with Gasteiger partial charge in [0.05, 0.1) is 35.0 Å². The molecule has 0 aromatic heterocycles. The van der Waals surface area contributed by atoms with Crippen LogP contribution in [-0.4, -0.2) is 35.8 Å². The lowest BCUT2D eigenvalue weighted by molar-refractivity contribution is 0.0696. The number of carbonyl (C=O) groups is 2. The van der Waals surface area contributed by atoms with Crippen molar-refractivity contribution >= 4 is 58.1 Å². The maximum absolute atomic E-state index is 12.4. The predicted molar refractivity (Wildman–Crippen MR) is 111 cm³/mol. The SMILES string of the molecule is CCOc1ccc(C(=O)NC(=S)Nc2cc(C(=O)O)cc(Cl)c2OC)cc1Cl. The van der Waals surface area contributed by atoms with E-state index in [9.17, 15) is 9.59 Å². The Balaban J connectivity index is 2.17. The van der Waals surface area contributed by atoms with Crippen LogP contribution in [0.25, 0.3) is 0 Å². The minimum absolute atomic E-state index is 0.0688. The number of carbonyl (C=O) groups excluding carboxylic acids is 1. The van der Waals surface area contributed by atoms with Crippen molar-refractivity contribution in [2.45, 2.75) is 6.92 Å². The summed E-state index contributed by atoms with van der Waals surface area (Å²) < 4.78 is 10.5. The van der Waals surface area contributed by atoms with Gasteiger partial charge in [-0.1, -0.05) is 23.2 Å². The molecule has 10 heteroatoms. The maximum atomic E-state index is 12.4. The number of benzene rings is 2. The summed E-state index contributed by atoms with van der Waals surface area (Å²) in [5.41, 5.74) is 0.394. The highest BCUT2D eigenvalue weighted by atomic mass is 35.5. The fraction of sp³-hybridized carbons (Fsp3) is 0.167. The summed E-state index contributed by atoms with van der Waals surface area (Å²) in [7, 11) is 1.37. The van der Waals surface area contributed by atoms with Gasteiger partial charge in [0.15, 0.2) is 10.9 Å². The zero-order valence-corrected chi connectivity index (χ0v) is 17.2. The largest absolute Gasteiger partial charge is 0.493 e. The number of halogens is 2. The van der Waals surface area contributed by atoms with Crippen molar-refractivity contribution in [3.63, 3.8) is 0 Å². The monoisotopic (exact) mass is 442 g/mol. The third-order valence-corrected chi connectivity index (χ3v) is 4.24. The minimum atomic E-state index is -1.17. The van der Waals surface area contributed by atoms with E-state index in [4.69, 9.17) is 50.0 Å². The predicted octanol–water partition coefficient (Wildman–Crippen LogP) is 4.23. The Morgan fingerprint density at radius 3 is 2.39 bits per heavy atom. The number of carboxylic acids is 1. The Morgan fingerprint density at radius 2 is 1.82 bits per heavy atom. The first-order chi connectivity index (χ1) is 13.3. The summed E-state index contributed by atoms with van der Waals surface area (Å²) in [4.78, 5) is 23.6. The normalized spacial score (nSPS) is 10.1. The molecule has 2 rings (SSSR count). The summed E-state index contributed by atoms with van der Waals surface area (Å²) in [5.74, 6) is -1.04. The second kappa shape index (κ2) is 9.59. The number of anilines is 1. The molecule has 28 heavy (non-hydrogen) atoms. The van der Waals surface area contributed by atoms with Crippen LogP contribution in [0.5, 0.6) is 11.5 Å². The third-order valence-electron chi connectivity index (χ3n) is 3.46. The summed E-state index contributed by atoms with van der Waals surface area (Å²) >= 11 is 17.2. The number of carboxylic acid groups (broad SMARTS) is 1. The number of hydrogen-bond donors (Lipinski definition) is 3. The number of amides is 1. The van der Waals surface area contributed by atoms with Gasteiger partial charge in [0, 0.05) is 5.56 Å². The first-order valence-corrected chi connectivity index (χ1v) is 9.08. The summed E-state index contributed by atoms with van der Waals surface area (Å²) in [6, 6.07) is 7.11. The van der Waals surface area contributed by atoms with E-state index in [0.29, 0.717) is 12.4 Å². The molecule has 0 unspecified atom stereocenters. The lowest BCUT2D eigenvalue weighted by Crippen LogP contribution is -2.34. The van der Waals surface area contributed by atoms with E-state index in [1.807, 2.05) is 6.92 Å². The number of methoxy groups -OCH3 is 1. The molecule has 0 saturated carbocycles. The molecule has 0 aliphatic carbocycles. The Labute approximate surface area is 176 Å². The van der Waals surface area contributed by atoms with Gasteiger partial charge in [0.1, 0.15) is 5.75 Å². The van der Waals surface area contributed by atoms with E-state index in [2.05, 4.69) is 10.6 Å². The van der Waals surface area contributed by atoms with Crippen LogP contribution in [0.3, 0.4) is 0 Å². The molecular formula is C18H16Cl2N2O5S. The third kappa shape index (κ3) is 5.25. The van der Waals surface area contributed by atoms with Crippen molar-refractivity contribution < 1.29 is 24.2 Å². The van der Waals surface area contributed by atoms with Gasteiger partial charge in [-0.05, 0) is 49.5 Å². The van der Waals surface area contributed by atoms with Crippen LogP contribution in [0.1, 0.15) is 27.6 Å². The highest BCUT2D eigenvalue weighted by Crippen LogP contribution is 2.34. The highest BCUT2D eigenvalue weighted by molar-refractivity contribution is 7.80. The van der Waals surface area contributed by atoms with Crippen LogP contribution in [0.15, 0.2) is 30.3 Å². The Morgan fingerprint density at radius 1 is 1.14 bits per heavy atom. The second-order valence-corrected chi connectivity index (χ2v) is 6.55. The standard InChI is InChI=1S/C18H16Cl2N2O5S/c1-3-27-14-5-4-9(6-11(14)19)16(23)22-18(28)21-13-8-10(17(24)25)7-12(20)15(13)26-2/h4-8H,3H2,1-2H3,(H,24,25)(H2,21,22,23,28). The van der Waals surface area contributed by atoms with Crippen LogP contribution in [0.4, 0.5) is 5.69 Å². The van der Waals surface area contributed by atoms with Crippen molar-refractivity contribution in [3.8, 4) is 11.5 Å². The van der Waals surface area contributed by atoms with Crippen molar-refractivity contribution in [3.05, 3.63) is 51.5 Å². The molecule has 7 nitrogen and oxygen atoms in total. The van der Waals surface area contributed by atoms with Crippen LogP contribution in [0.2, 0.25) is 10.0 Å². The first kappa shape index (κ1) is 21.7. The number of nitrogens with one attached hydrogen (secondary N) is 2. The number of hydrogen-bond acceptors (Lipinski definition) is 5. The van der Waals surface area contributed by atoms with Crippen molar-refractivity contribution in [1.29, 1.82) is 0 Å². The van der Waals surface area contributed by atoms with Gasteiger partial charge in [0.2, 0.25) is 0 Å². The van der Waals surface area contributed by atoms with E-state index in [0.717, 1.165) is 0 Å². The Kier molecular flexibility index (Phi) is 7.45. The van der Waals surface area contributed by atoms with E-state index < -0.39 is 11.9 Å². The molecule has 1 amide bonds. The van der Waals surface area contributed by atoms with Crippen LogP contribution < -0.4 is 20.1 Å². The lowest BCUT2D eigenvalue weighted by atomic mass is 10.2. The summed E-state index contributed by atoms with van der Waals surface area (Å²) in [5, 5.41) is 14.6. The molecule has 0 atom stereocenters. The van der Waals surface area contributed by atoms with E-state index in [-0.39, 0.29) is 37.7 Å². The number of aromatic carboxylic acids is 1. The molecular weight excluding hydrogens is 427 g/mol.